The van der Waals surface area contributed by atoms with Crippen LogP contribution in [0.25, 0.3) is 10.2 Å². The summed E-state index contributed by atoms with van der Waals surface area (Å²) in [5, 5.41) is 4.80. The lowest BCUT2D eigenvalue weighted by molar-refractivity contribution is 0.0900. The maximum atomic E-state index is 6.00. The van der Waals surface area contributed by atoms with Gasteiger partial charge < -0.3 is 10.1 Å². The average molecular weight is 312 g/mol. The highest BCUT2D eigenvalue weighted by atomic mass is 35.5. The van der Waals surface area contributed by atoms with E-state index in [0.29, 0.717) is 17.3 Å². The highest BCUT2D eigenvalue weighted by Crippen LogP contribution is 2.30. The number of hydrogen-bond donors (Lipinski definition) is 1. The lowest BCUT2D eigenvalue weighted by atomic mass is 10.00. The molecule has 2 atom stereocenters. The number of nitrogens with one attached hydrogen (secondary N) is 1. The van der Waals surface area contributed by atoms with Crippen LogP contribution in [0.15, 0.2) is 6.07 Å². The Balaban J connectivity index is 1.80. The van der Waals surface area contributed by atoms with Crippen molar-refractivity contribution in [3.05, 3.63) is 16.2 Å². The van der Waals surface area contributed by atoms with Gasteiger partial charge >= 0.3 is 0 Å². The Morgan fingerprint density at radius 3 is 3.15 bits per heavy atom. The third-order valence-electron chi connectivity index (χ3n) is 3.77. The molecule has 1 fully saturated rings. The molecule has 0 bridgehead atoms. The first-order valence-corrected chi connectivity index (χ1v) is 8.16. The number of aromatic nitrogens is 2. The number of halogens is 1. The van der Waals surface area contributed by atoms with Gasteiger partial charge in [0, 0.05) is 23.9 Å². The van der Waals surface area contributed by atoms with E-state index in [2.05, 4.69) is 35.2 Å². The molecule has 3 rings (SSSR count). The summed E-state index contributed by atoms with van der Waals surface area (Å²) in [5.41, 5.74) is 0. The van der Waals surface area contributed by atoms with Crippen molar-refractivity contribution in [2.75, 3.05) is 18.5 Å². The van der Waals surface area contributed by atoms with Crippen molar-refractivity contribution in [1.29, 1.82) is 0 Å². The normalized spacial score (nSPS) is 22.6. The second-order valence-electron chi connectivity index (χ2n) is 5.16. The topological polar surface area (TPSA) is 47.0 Å². The average Bonchev–Trinajstić information content (AvgIpc) is 3.00. The molecule has 2 aromatic heterocycles. The number of nitrogens with zero attached hydrogens (tertiary/aromatic N) is 2. The van der Waals surface area contributed by atoms with Crippen molar-refractivity contribution >= 4 is 39.0 Å². The van der Waals surface area contributed by atoms with Gasteiger partial charge in [-0.05, 0) is 37.4 Å². The number of ether oxygens (including phenoxy) is 1. The molecule has 1 N–H and O–H groups in total. The molecular weight excluding hydrogens is 294 g/mol. The van der Waals surface area contributed by atoms with E-state index in [1.54, 1.807) is 11.3 Å². The molecule has 0 amide bonds. The molecule has 108 valence electrons. The Morgan fingerprint density at radius 2 is 2.35 bits per heavy atom. The Labute approximate surface area is 127 Å². The Bertz CT molecular complexity index is 616. The molecule has 2 unspecified atom stereocenters. The van der Waals surface area contributed by atoms with E-state index in [1.165, 1.54) is 4.88 Å². The van der Waals surface area contributed by atoms with E-state index in [4.69, 9.17) is 16.3 Å². The summed E-state index contributed by atoms with van der Waals surface area (Å²) in [6, 6.07) is 2.11. The van der Waals surface area contributed by atoms with Gasteiger partial charge in [0.15, 0.2) is 0 Å². The minimum absolute atomic E-state index is 0.302. The molecular formula is C14H18ClN3OS. The van der Waals surface area contributed by atoms with Gasteiger partial charge in [-0.25, -0.2) is 9.97 Å². The van der Waals surface area contributed by atoms with Crippen molar-refractivity contribution in [2.45, 2.75) is 32.8 Å². The molecule has 1 saturated heterocycles. The predicted molar refractivity (Wildman–Crippen MR) is 83.8 cm³/mol. The fraction of sp³-hybridized carbons (Fsp3) is 0.571. The van der Waals surface area contributed by atoms with Gasteiger partial charge in [0.25, 0.3) is 0 Å². The smallest absolute Gasteiger partial charge is 0.225 e. The first-order valence-electron chi connectivity index (χ1n) is 6.96. The number of anilines is 1. The summed E-state index contributed by atoms with van der Waals surface area (Å²) >= 11 is 7.65. The SMILES string of the molecule is CCC1OCCC1CNc1nc(Cl)nc2sc(C)cc12. The van der Waals surface area contributed by atoms with Crippen LogP contribution in [0.3, 0.4) is 0 Å². The number of thiophene rings is 1. The number of aryl methyl sites for hydroxylation is 1. The van der Waals surface area contributed by atoms with E-state index in [9.17, 15) is 0 Å². The van der Waals surface area contributed by atoms with Crippen molar-refractivity contribution in [1.82, 2.24) is 9.97 Å². The van der Waals surface area contributed by atoms with Crippen LogP contribution < -0.4 is 5.32 Å². The van der Waals surface area contributed by atoms with Crippen molar-refractivity contribution < 1.29 is 4.74 Å². The van der Waals surface area contributed by atoms with Gasteiger partial charge in [-0.1, -0.05) is 6.92 Å². The number of hydrogen-bond acceptors (Lipinski definition) is 5. The Morgan fingerprint density at radius 1 is 1.50 bits per heavy atom. The fourth-order valence-electron chi connectivity index (χ4n) is 2.76. The Kier molecular flexibility index (Phi) is 4.10. The number of rotatable bonds is 4. The molecule has 3 heterocycles. The van der Waals surface area contributed by atoms with Crippen LogP contribution in [0, 0.1) is 12.8 Å². The molecule has 0 radical (unpaired) electrons. The molecule has 6 heteroatoms. The molecule has 1 aliphatic rings. The van der Waals surface area contributed by atoms with Crippen LogP contribution in [-0.4, -0.2) is 29.2 Å². The minimum Gasteiger partial charge on any atom is -0.378 e. The molecule has 0 aromatic carbocycles. The van der Waals surface area contributed by atoms with Crippen LogP contribution in [0.1, 0.15) is 24.6 Å². The lowest BCUT2D eigenvalue weighted by Crippen LogP contribution is -2.23. The third-order valence-corrected chi connectivity index (χ3v) is 4.88. The predicted octanol–water partition coefficient (Wildman–Crippen LogP) is 3.88. The maximum Gasteiger partial charge on any atom is 0.225 e. The van der Waals surface area contributed by atoms with E-state index in [0.717, 1.165) is 42.0 Å². The largest absolute Gasteiger partial charge is 0.378 e. The van der Waals surface area contributed by atoms with Crippen LogP contribution in [0.2, 0.25) is 5.28 Å². The van der Waals surface area contributed by atoms with Crippen LogP contribution >= 0.6 is 22.9 Å². The molecule has 0 spiro atoms. The lowest BCUT2D eigenvalue weighted by Gasteiger charge is -2.17. The standard InChI is InChI=1S/C14H18ClN3OS/c1-3-11-9(4-5-19-11)7-16-12-10-6-8(2)20-13(10)18-14(15)17-12/h6,9,11H,3-5,7H2,1-2H3,(H,16,17,18). The zero-order chi connectivity index (χ0) is 14.1. The van der Waals surface area contributed by atoms with E-state index in [1.807, 2.05) is 0 Å². The van der Waals surface area contributed by atoms with Crippen molar-refractivity contribution in [2.24, 2.45) is 5.92 Å². The molecule has 1 aliphatic heterocycles. The summed E-state index contributed by atoms with van der Waals surface area (Å²) in [5.74, 6) is 1.38. The van der Waals surface area contributed by atoms with Crippen molar-refractivity contribution in [3.8, 4) is 0 Å². The quantitative estimate of drug-likeness (QED) is 0.870. The highest BCUT2D eigenvalue weighted by molar-refractivity contribution is 7.18. The van der Waals surface area contributed by atoms with Gasteiger partial charge in [0.2, 0.25) is 5.28 Å². The number of fused-ring (bicyclic) bond motifs is 1. The van der Waals surface area contributed by atoms with Crippen LogP contribution in [0.5, 0.6) is 0 Å². The van der Waals surface area contributed by atoms with Crippen LogP contribution in [-0.2, 0) is 4.74 Å². The van der Waals surface area contributed by atoms with E-state index >= 15 is 0 Å². The van der Waals surface area contributed by atoms with E-state index < -0.39 is 0 Å². The summed E-state index contributed by atoms with van der Waals surface area (Å²) in [6.45, 7) is 5.98. The van der Waals surface area contributed by atoms with Gasteiger partial charge in [-0.2, -0.15) is 0 Å². The van der Waals surface area contributed by atoms with Gasteiger partial charge in [-0.3, -0.25) is 0 Å². The molecule has 2 aromatic rings. The van der Waals surface area contributed by atoms with E-state index in [-0.39, 0.29) is 0 Å². The zero-order valence-corrected chi connectivity index (χ0v) is 13.2. The maximum absolute atomic E-state index is 6.00. The van der Waals surface area contributed by atoms with Gasteiger partial charge in [-0.15, -0.1) is 11.3 Å². The Hall–Kier alpha value is -0.910. The second-order valence-corrected chi connectivity index (χ2v) is 6.74. The van der Waals surface area contributed by atoms with Crippen molar-refractivity contribution in [3.63, 3.8) is 0 Å². The zero-order valence-electron chi connectivity index (χ0n) is 11.6. The van der Waals surface area contributed by atoms with Crippen LogP contribution in [0.4, 0.5) is 5.82 Å². The first kappa shape index (κ1) is 14.0. The summed E-state index contributed by atoms with van der Waals surface area (Å²) in [7, 11) is 0. The summed E-state index contributed by atoms with van der Waals surface area (Å²) in [4.78, 5) is 10.8. The summed E-state index contributed by atoms with van der Waals surface area (Å²) < 4.78 is 5.72. The summed E-state index contributed by atoms with van der Waals surface area (Å²) in [6.07, 6.45) is 2.53. The van der Waals surface area contributed by atoms with Gasteiger partial charge in [0.05, 0.1) is 11.5 Å². The minimum atomic E-state index is 0.302. The van der Waals surface area contributed by atoms with Gasteiger partial charge in [0.1, 0.15) is 10.6 Å². The first-order chi connectivity index (χ1) is 9.67. The molecule has 0 saturated carbocycles. The third kappa shape index (κ3) is 2.75. The fourth-order valence-corrected chi connectivity index (χ4v) is 3.85. The molecule has 20 heavy (non-hydrogen) atoms. The molecule has 0 aliphatic carbocycles. The molecule has 4 nitrogen and oxygen atoms in total. The monoisotopic (exact) mass is 311 g/mol. The second kappa shape index (κ2) is 5.84. The highest BCUT2D eigenvalue weighted by Gasteiger charge is 2.26.